The van der Waals surface area contributed by atoms with Crippen LogP contribution < -0.4 is 10.0 Å². The van der Waals surface area contributed by atoms with Crippen LogP contribution in [0.15, 0.2) is 10.3 Å². The van der Waals surface area contributed by atoms with Crippen molar-refractivity contribution in [3.05, 3.63) is 15.8 Å². The van der Waals surface area contributed by atoms with Crippen molar-refractivity contribution in [2.75, 3.05) is 18.6 Å². The number of hydrogen-bond acceptors (Lipinski definition) is 5. The zero-order chi connectivity index (χ0) is 15.2. The van der Waals surface area contributed by atoms with Crippen molar-refractivity contribution < 1.29 is 8.42 Å². The molecule has 0 aliphatic carbocycles. The molecule has 0 radical (unpaired) electrons. The second-order valence-electron chi connectivity index (χ2n) is 4.83. The van der Waals surface area contributed by atoms with Crippen molar-refractivity contribution in [2.45, 2.75) is 44.7 Å². The zero-order valence-electron chi connectivity index (χ0n) is 12.5. The number of aryl methyl sites for hydroxylation is 1. The average molecular weight is 337 g/mol. The van der Waals surface area contributed by atoms with Gasteiger partial charge in [0.15, 0.2) is 0 Å². The van der Waals surface area contributed by atoms with Crippen LogP contribution in [0.25, 0.3) is 0 Å². The van der Waals surface area contributed by atoms with Crippen LogP contribution >= 0.6 is 23.1 Å². The highest BCUT2D eigenvalue weighted by molar-refractivity contribution is 7.98. The van der Waals surface area contributed by atoms with Gasteiger partial charge in [-0.2, -0.15) is 11.8 Å². The van der Waals surface area contributed by atoms with Gasteiger partial charge >= 0.3 is 0 Å². The molecule has 1 unspecified atom stereocenters. The molecule has 0 bridgehead atoms. The van der Waals surface area contributed by atoms with Crippen LogP contribution in [-0.2, 0) is 16.6 Å². The third-order valence-corrected chi connectivity index (χ3v) is 6.63. The molecule has 20 heavy (non-hydrogen) atoms. The highest BCUT2D eigenvalue weighted by Gasteiger charge is 2.24. The van der Waals surface area contributed by atoms with Crippen molar-refractivity contribution >= 4 is 33.1 Å². The topological polar surface area (TPSA) is 58.2 Å². The summed E-state index contributed by atoms with van der Waals surface area (Å²) in [6, 6.07) is -0.0641. The lowest BCUT2D eigenvalue weighted by Crippen LogP contribution is -2.35. The third-order valence-electron chi connectivity index (χ3n) is 2.74. The predicted molar refractivity (Wildman–Crippen MR) is 89.2 cm³/mol. The van der Waals surface area contributed by atoms with Gasteiger partial charge in [0, 0.05) is 23.2 Å². The van der Waals surface area contributed by atoms with Crippen LogP contribution in [0, 0.1) is 6.92 Å². The maximum Gasteiger partial charge on any atom is 0.242 e. The largest absolute Gasteiger partial charge is 0.312 e. The van der Waals surface area contributed by atoms with E-state index in [0.29, 0.717) is 11.4 Å². The van der Waals surface area contributed by atoms with E-state index >= 15 is 0 Å². The number of rotatable bonds is 9. The summed E-state index contributed by atoms with van der Waals surface area (Å²) in [5.74, 6) is 0.770. The second-order valence-corrected chi connectivity index (χ2v) is 8.35. The van der Waals surface area contributed by atoms with Gasteiger partial charge in [-0.05, 0) is 44.0 Å². The number of thioether (sulfide) groups is 1. The fourth-order valence-corrected chi connectivity index (χ4v) is 5.67. The van der Waals surface area contributed by atoms with Crippen molar-refractivity contribution in [3.63, 3.8) is 0 Å². The Morgan fingerprint density at radius 3 is 2.75 bits per heavy atom. The predicted octanol–water partition coefficient (Wildman–Crippen LogP) is 2.59. The fraction of sp³-hybridized carbons (Fsp3) is 0.692. The Hall–Kier alpha value is -0.0800. The first-order valence-corrected chi connectivity index (χ1v) is 10.5. The molecule has 0 spiro atoms. The minimum absolute atomic E-state index is 0.0641. The van der Waals surface area contributed by atoms with Crippen molar-refractivity contribution in [3.8, 4) is 0 Å². The Balaban J connectivity index is 2.90. The van der Waals surface area contributed by atoms with Crippen molar-refractivity contribution in [1.29, 1.82) is 0 Å². The van der Waals surface area contributed by atoms with Gasteiger partial charge in [0.1, 0.15) is 4.90 Å². The highest BCUT2D eigenvalue weighted by Crippen LogP contribution is 2.27. The van der Waals surface area contributed by atoms with Gasteiger partial charge in [-0.1, -0.05) is 6.92 Å². The van der Waals surface area contributed by atoms with E-state index in [-0.39, 0.29) is 6.04 Å². The number of sulfonamides is 1. The number of hydrogen-bond donors (Lipinski definition) is 2. The second kappa shape index (κ2) is 8.38. The molecule has 1 heterocycles. The first-order chi connectivity index (χ1) is 9.42. The lowest BCUT2D eigenvalue weighted by Gasteiger charge is -2.14. The molecule has 7 heteroatoms. The molecule has 0 amide bonds. The van der Waals surface area contributed by atoms with Gasteiger partial charge in [-0.3, -0.25) is 0 Å². The van der Waals surface area contributed by atoms with Crippen molar-refractivity contribution in [2.24, 2.45) is 0 Å². The summed E-state index contributed by atoms with van der Waals surface area (Å²) in [7, 11) is -3.43. The normalized spacial score (nSPS) is 13.6. The number of thiophene rings is 1. The summed E-state index contributed by atoms with van der Waals surface area (Å²) in [5.41, 5.74) is 0.826. The molecule has 1 aromatic heterocycles. The van der Waals surface area contributed by atoms with Gasteiger partial charge in [-0.25, -0.2) is 13.1 Å². The maximum absolute atomic E-state index is 12.5. The van der Waals surface area contributed by atoms with Crippen LogP contribution in [0.1, 0.15) is 30.7 Å². The molecule has 1 rings (SSSR count). The van der Waals surface area contributed by atoms with Gasteiger partial charge in [0.2, 0.25) is 10.0 Å². The molecule has 1 atom stereocenters. The lowest BCUT2D eigenvalue weighted by molar-refractivity contribution is 0.568. The molecule has 116 valence electrons. The van der Waals surface area contributed by atoms with Crippen LogP contribution in [0.3, 0.4) is 0 Å². The van der Waals surface area contributed by atoms with Crippen LogP contribution in [0.5, 0.6) is 0 Å². The SMILES string of the molecule is CCCNCc1scc(C)c1S(=O)(=O)NC(C)CSC. The zero-order valence-corrected chi connectivity index (χ0v) is 15.0. The molecule has 1 aromatic rings. The summed E-state index contributed by atoms with van der Waals surface area (Å²) in [5, 5.41) is 5.18. The Labute approximate surface area is 130 Å². The lowest BCUT2D eigenvalue weighted by atomic mass is 10.3. The first kappa shape index (κ1) is 18.0. The van der Waals surface area contributed by atoms with E-state index in [9.17, 15) is 8.42 Å². The molecular weight excluding hydrogens is 312 g/mol. The van der Waals surface area contributed by atoms with E-state index in [1.54, 1.807) is 11.8 Å². The minimum Gasteiger partial charge on any atom is -0.312 e. The van der Waals surface area contributed by atoms with Crippen LogP contribution in [0.2, 0.25) is 0 Å². The van der Waals surface area contributed by atoms with Gasteiger partial charge < -0.3 is 5.32 Å². The Bertz CT molecular complexity index is 512. The van der Waals surface area contributed by atoms with E-state index in [0.717, 1.165) is 29.2 Å². The first-order valence-electron chi connectivity index (χ1n) is 6.71. The summed E-state index contributed by atoms with van der Waals surface area (Å²) in [6.45, 7) is 7.35. The molecule has 0 saturated carbocycles. The van der Waals surface area contributed by atoms with Crippen LogP contribution in [-0.4, -0.2) is 33.0 Å². The quantitative estimate of drug-likeness (QED) is 0.681. The molecule has 2 N–H and O–H groups in total. The monoisotopic (exact) mass is 336 g/mol. The number of nitrogens with one attached hydrogen (secondary N) is 2. The fourth-order valence-electron chi connectivity index (χ4n) is 1.96. The van der Waals surface area contributed by atoms with Gasteiger partial charge in [-0.15, -0.1) is 11.3 Å². The summed E-state index contributed by atoms with van der Waals surface area (Å²) < 4.78 is 27.8. The molecule has 0 fully saturated rings. The summed E-state index contributed by atoms with van der Waals surface area (Å²) >= 11 is 3.14. The molecule has 4 nitrogen and oxygen atoms in total. The maximum atomic E-state index is 12.5. The summed E-state index contributed by atoms with van der Waals surface area (Å²) in [4.78, 5) is 1.35. The standard InChI is InChI=1S/C13H24N2O2S3/c1-5-6-14-7-12-13(10(2)8-19-12)20(16,17)15-11(3)9-18-4/h8,11,14-15H,5-7,9H2,1-4H3. The smallest absolute Gasteiger partial charge is 0.242 e. The Morgan fingerprint density at radius 2 is 2.15 bits per heavy atom. The van der Waals surface area contributed by atoms with Gasteiger partial charge in [0.25, 0.3) is 0 Å². The molecule has 0 saturated heterocycles. The average Bonchev–Trinajstić information content (AvgIpc) is 2.71. The Kier molecular flexibility index (Phi) is 7.53. The minimum atomic E-state index is -3.43. The van der Waals surface area contributed by atoms with Crippen molar-refractivity contribution in [1.82, 2.24) is 10.0 Å². The van der Waals surface area contributed by atoms with Crippen LogP contribution in [0.4, 0.5) is 0 Å². The molecule has 0 aliphatic heterocycles. The van der Waals surface area contributed by atoms with Gasteiger partial charge in [0.05, 0.1) is 0 Å². The van der Waals surface area contributed by atoms with E-state index in [4.69, 9.17) is 0 Å². The highest BCUT2D eigenvalue weighted by atomic mass is 32.2. The molecule has 0 aliphatic rings. The molecule has 0 aromatic carbocycles. The van der Waals surface area contributed by atoms with E-state index < -0.39 is 10.0 Å². The molecular formula is C13H24N2O2S3. The van der Waals surface area contributed by atoms with E-state index in [1.807, 2.05) is 25.5 Å². The van der Waals surface area contributed by atoms with E-state index in [2.05, 4.69) is 17.0 Å². The van der Waals surface area contributed by atoms with E-state index in [1.165, 1.54) is 11.3 Å². The Morgan fingerprint density at radius 1 is 1.45 bits per heavy atom. The third kappa shape index (κ3) is 5.04. The summed E-state index contributed by atoms with van der Waals surface area (Å²) in [6.07, 6.45) is 3.01.